The molecule has 1 saturated heterocycles. The zero-order valence-electron chi connectivity index (χ0n) is 12.8. The van der Waals surface area contributed by atoms with Crippen LogP contribution >= 0.6 is 0 Å². The van der Waals surface area contributed by atoms with Crippen LogP contribution in [0.3, 0.4) is 0 Å². The number of urea groups is 1. The van der Waals surface area contributed by atoms with Crippen LogP contribution in [0.15, 0.2) is 24.3 Å². The van der Waals surface area contributed by atoms with E-state index in [1.165, 1.54) is 0 Å². The summed E-state index contributed by atoms with van der Waals surface area (Å²) < 4.78 is 0. The Labute approximate surface area is 134 Å². The molecule has 2 N–H and O–H groups in total. The molecule has 1 aromatic rings. The fourth-order valence-corrected chi connectivity index (χ4v) is 3.60. The van der Waals surface area contributed by atoms with Gasteiger partial charge in [-0.05, 0) is 43.2 Å². The average molecular weight is 313 g/mol. The molecule has 120 valence electrons. The van der Waals surface area contributed by atoms with Gasteiger partial charge in [0, 0.05) is 6.04 Å². The van der Waals surface area contributed by atoms with Gasteiger partial charge >= 0.3 is 6.03 Å². The molecule has 4 rings (SSSR count). The molecule has 2 aliphatic carbocycles. The molecule has 0 aromatic heterocycles. The van der Waals surface area contributed by atoms with Crippen molar-refractivity contribution in [1.82, 2.24) is 15.5 Å². The molecular formula is C17H19N3O3. The second-order valence-corrected chi connectivity index (χ2v) is 6.58. The molecule has 1 spiro atoms. The Kier molecular flexibility index (Phi) is 3.14. The van der Waals surface area contributed by atoms with Crippen LogP contribution in [-0.2, 0) is 21.5 Å². The number of amides is 4. The molecule has 1 heterocycles. The average Bonchev–Trinajstić information content (AvgIpc) is 3.32. The molecule has 6 nitrogen and oxygen atoms in total. The van der Waals surface area contributed by atoms with Crippen LogP contribution in [0.4, 0.5) is 4.79 Å². The Bertz CT molecular complexity index is 698. The van der Waals surface area contributed by atoms with Crippen molar-refractivity contribution in [3.63, 3.8) is 0 Å². The van der Waals surface area contributed by atoms with Crippen molar-refractivity contribution in [3.8, 4) is 0 Å². The van der Waals surface area contributed by atoms with Gasteiger partial charge in [-0.1, -0.05) is 24.3 Å². The van der Waals surface area contributed by atoms with Gasteiger partial charge in [-0.2, -0.15) is 0 Å². The molecule has 1 saturated carbocycles. The number of carbonyl (C=O) groups is 3. The number of aryl methyl sites for hydroxylation is 1. The van der Waals surface area contributed by atoms with Crippen molar-refractivity contribution in [3.05, 3.63) is 35.4 Å². The van der Waals surface area contributed by atoms with Gasteiger partial charge in [0.05, 0.1) is 0 Å². The minimum Gasteiger partial charge on any atom is -0.352 e. The minimum atomic E-state index is -0.994. The number of hydrogen-bond acceptors (Lipinski definition) is 3. The largest absolute Gasteiger partial charge is 0.352 e. The smallest absolute Gasteiger partial charge is 0.325 e. The maximum Gasteiger partial charge on any atom is 0.325 e. The first-order valence-electron chi connectivity index (χ1n) is 8.12. The summed E-state index contributed by atoms with van der Waals surface area (Å²) in [5.74, 6) is -0.572. The number of hydrogen-bond donors (Lipinski definition) is 2. The van der Waals surface area contributed by atoms with Gasteiger partial charge < -0.3 is 10.6 Å². The van der Waals surface area contributed by atoms with Crippen LogP contribution in [0, 0.1) is 0 Å². The van der Waals surface area contributed by atoms with E-state index < -0.39 is 11.6 Å². The van der Waals surface area contributed by atoms with Crippen LogP contribution in [0.1, 0.15) is 36.8 Å². The van der Waals surface area contributed by atoms with E-state index >= 15 is 0 Å². The highest BCUT2D eigenvalue weighted by molar-refractivity contribution is 6.09. The number of fused-ring (bicyclic) bond motifs is 2. The van der Waals surface area contributed by atoms with Gasteiger partial charge in [0.15, 0.2) is 0 Å². The van der Waals surface area contributed by atoms with Crippen LogP contribution in [-0.4, -0.2) is 35.3 Å². The number of imide groups is 1. The zero-order valence-corrected chi connectivity index (χ0v) is 12.8. The summed E-state index contributed by atoms with van der Waals surface area (Å²) in [5.41, 5.74) is 0.970. The van der Waals surface area contributed by atoms with Crippen molar-refractivity contribution in [2.24, 2.45) is 0 Å². The Morgan fingerprint density at radius 1 is 1.30 bits per heavy atom. The second-order valence-electron chi connectivity index (χ2n) is 6.58. The van der Waals surface area contributed by atoms with E-state index in [1.54, 1.807) is 0 Å². The quantitative estimate of drug-likeness (QED) is 0.819. The fraction of sp³-hybridized carbons (Fsp3) is 0.471. The van der Waals surface area contributed by atoms with Gasteiger partial charge in [-0.3, -0.25) is 14.5 Å². The molecule has 6 heteroatoms. The predicted octanol–water partition coefficient (Wildman–Crippen LogP) is 1.05. The van der Waals surface area contributed by atoms with Gasteiger partial charge in [-0.15, -0.1) is 0 Å². The molecule has 1 aromatic carbocycles. The molecule has 1 unspecified atom stereocenters. The highest BCUT2D eigenvalue weighted by atomic mass is 16.2. The van der Waals surface area contributed by atoms with E-state index in [0.717, 1.165) is 41.7 Å². The second kappa shape index (κ2) is 5.08. The maximum absolute atomic E-state index is 13.0. The summed E-state index contributed by atoms with van der Waals surface area (Å²) in [6, 6.07) is 7.47. The normalized spacial score (nSPS) is 26.2. The molecule has 1 atom stereocenters. The monoisotopic (exact) mass is 313 g/mol. The number of nitrogens with one attached hydrogen (secondary N) is 2. The highest BCUT2D eigenvalue weighted by Crippen LogP contribution is 2.39. The summed E-state index contributed by atoms with van der Waals surface area (Å²) >= 11 is 0. The van der Waals surface area contributed by atoms with Gasteiger partial charge in [-0.25, -0.2) is 4.79 Å². The SMILES string of the molecule is O=C(CN1C(=O)NC2(CCCc3ccccc32)C1=O)NC1CC1. The third kappa shape index (κ3) is 2.29. The third-order valence-electron chi connectivity index (χ3n) is 4.89. The standard InChI is InChI=1S/C17H19N3O3/c21-14(18-12-7-8-12)10-20-15(22)17(19-16(20)23)9-3-5-11-4-1-2-6-13(11)17/h1-2,4,6,12H,3,5,7-10H2,(H,18,21)(H,19,23). The Morgan fingerprint density at radius 2 is 2.09 bits per heavy atom. The maximum atomic E-state index is 13.0. The highest BCUT2D eigenvalue weighted by Gasteiger charge is 2.54. The molecular weight excluding hydrogens is 294 g/mol. The molecule has 2 fully saturated rings. The first-order valence-corrected chi connectivity index (χ1v) is 8.12. The molecule has 0 radical (unpaired) electrons. The number of nitrogens with zero attached hydrogens (tertiary/aromatic N) is 1. The Hall–Kier alpha value is -2.37. The topological polar surface area (TPSA) is 78.5 Å². The van der Waals surface area contributed by atoms with E-state index in [1.807, 2.05) is 24.3 Å². The molecule has 1 aliphatic heterocycles. The zero-order chi connectivity index (χ0) is 16.0. The lowest BCUT2D eigenvalue weighted by molar-refractivity contribution is -0.135. The molecule has 4 amide bonds. The third-order valence-corrected chi connectivity index (χ3v) is 4.89. The number of carbonyl (C=O) groups excluding carboxylic acids is 3. The van der Waals surface area contributed by atoms with Crippen molar-refractivity contribution >= 4 is 17.8 Å². The van der Waals surface area contributed by atoms with E-state index in [4.69, 9.17) is 0 Å². The summed E-state index contributed by atoms with van der Waals surface area (Å²) in [6.45, 7) is -0.203. The van der Waals surface area contributed by atoms with E-state index in [2.05, 4.69) is 10.6 Å². The number of benzene rings is 1. The van der Waals surface area contributed by atoms with Crippen LogP contribution in [0.25, 0.3) is 0 Å². The fourth-order valence-electron chi connectivity index (χ4n) is 3.60. The molecule has 0 bridgehead atoms. The van der Waals surface area contributed by atoms with Crippen molar-refractivity contribution in [1.29, 1.82) is 0 Å². The van der Waals surface area contributed by atoms with Crippen LogP contribution in [0.5, 0.6) is 0 Å². The van der Waals surface area contributed by atoms with Gasteiger partial charge in [0.2, 0.25) is 5.91 Å². The lowest BCUT2D eigenvalue weighted by Crippen LogP contribution is -2.47. The predicted molar refractivity (Wildman–Crippen MR) is 82.5 cm³/mol. The van der Waals surface area contributed by atoms with E-state index in [9.17, 15) is 14.4 Å². The van der Waals surface area contributed by atoms with Crippen molar-refractivity contribution in [2.75, 3.05) is 6.54 Å². The van der Waals surface area contributed by atoms with Crippen LogP contribution < -0.4 is 10.6 Å². The number of rotatable bonds is 3. The summed E-state index contributed by atoms with van der Waals surface area (Å²) in [4.78, 5) is 38.3. The van der Waals surface area contributed by atoms with Crippen LogP contribution in [0.2, 0.25) is 0 Å². The van der Waals surface area contributed by atoms with Crippen molar-refractivity contribution < 1.29 is 14.4 Å². The summed E-state index contributed by atoms with van der Waals surface area (Å²) in [7, 11) is 0. The van der Waals surface area contributed by atoms with Crippen molar-refractivity contribution in [2.45, 2.75) is 43.7 Å². The first-order chi connectivity index (χ1) is 11.1. The lowest BCUT2D eigenvalue weighted by atomic mass is 9.76. The minimum absolute atomic E-state index is 0.203. The summed E-state index contributed by atoms with van der Waals surface area (Å²) in [6.07, 6.45) is 4.27. The van der Waals surface area contributed by atoms with Gasteiger partial charge in [0.1, 0.15) is 12.1 Å². The first kappa shape index (κ1) is 14.2. The summed E-state index contributed by atoms with van der Waals surface area (Å²) in [5, 5.41) is 5.68. The lowest BCUT2D eigenvalue weighted by Gasteiger charge is -2.33. The Balaban J connectivity index is 1.61. The van der Waals surface area contributed by atoms with E-state index in [0.29, 0.717) is 6.42 Å². The molecule has 23 heavy (non-hydrogen) atoms. The Morgan fingerprint density at radius 3 is 2.87 bits per heavy atom. The van der Waals surface area contributed by atoms with E-state index in [-0.39, 0.29) is 24.4 Å². The molecule has 3 aliphatic rings. The van der Waals surface area contributed by atoms with Gasteiger partial charge in [0.25, 0.3) is 5.91 Å².